The van der Waals surface area contributed by atoms with Crippen LogP contribution in [0, 0.1) is 13.8 Å². The Hall–Kier alpha value is -1.45. The lowest BCUT2D eigenvalue weighted by Gasteiger charge is -1.88. The highest BCUT2D eigenvalue weighted by atomic mass is 15.2. The normalized spacial score (nSPS) is 10.7. The van der Waals surface area contributed by atoms with Gasteiger partial charge in [0, 0.05) is 11.1 Å². The number of fused-ring (bicyclic) bond motifs is 1. The molecule has 0 aromatic carbocycles. The van der Waals surface area contributed by atoms with Gasteiger partial charge < -0.3 is 0 Å². The fraction of sp³-hybridized carbons (Fsp3) is 0.286. The van der Waals surface area contributed by atoms with Gasteiger partial charge in [-0.2, -0.15) is 10.2 Å². The Labute approximate surface area is 63.6 Å². The molecule has 0 fully saturated rings. The largest absolute Gasteiger partial charge is 0.280 e. The first-order chi connectivity index (χ1) is 5.27. The molecule has 4 nitrogen and oxygen atoms in total. The molecule has 2 heterocycles. The highest BCUT2D eigenvalue weighted by Crippen LogP contribution is 2.11. The van der Waals surface area contributed by atoms with E-state index in [1.54, 1.807) is 0 Å². The van der Waals surface area contributed by atoms with Gasteiger partial charge in [-0.05, 0) is 19.9 Å². The predicted molar refractivity (Wildman–Crippen MR) is 41.2 cm³/mol. The second-order valence-electron chi connectivity index (χ2n) is 2.57. The first-order valence-electron chi connectivity index (χ1n) is 3.42. The number of nitrogens with one attached hydrogen (secondary N) is 1. The molecule has 0 atom stereocenters. The van der Waals surface area contributed by atoms with E-state index in [1.165, 1.54) is 0 Å². The van der Waals surface area contributed by atoms with Crippen LogP contribution < -0.4 is 0 Å². The molecular formula is C7H8N4. The summed E-state index contributed by atoms with van der Waals surface area (Å²) in [6, 6.07) is 1.97. The third-order valence-electron chi connectivity index (χ3n) is 1.63. The lowest BCUT2D eigenvalue weighted by atomic mass is 10.3. The Balaban J connectivity index is 2.87. The summed E-state index contributed by atoms with van der Waals surface area (Å²) < 4.78 is 0. The second-order valence-corrected chi connectivity index (χ2v) is 2.57. The summed E-state index contributed by atoms with van der Waals surface area (Å²) in [7, 11) is 0. The van der Waals surface area contributed by atoms with E-state index in [9.17, 15) is 0 Å². The fourth-order valence-electron chi connectivity index (χ4n) is 1.04. The molecule has 2 aromatic heterocycles. The van der Waals surface area contributed by atoms with E-state index in [4.69, 9.17) is 0 Å². The van der Waals surface area contributed by atoms with Crippen LogP contribution in [-0.4, -0.2) is 20.4 Å². The van der Waals surface area contributed by atoms with E-state index in [-0.39, 0.29) is 0 Å². The van der Waals surface area contributed by atoms with E-state index in [0.717, 1.165) is 16.8 Å². The summed E-state index contributed by atoms with van der Waals surface area (Å²) in [4.78, 5) is 0. The Bertz CT molecular complexity index is 390. The quantitative estimate of drug-likeness (QED) is 0.605. The van der Waals surface area contributed by atoms with Crippen LogP contribution in [0.2, 0.25) is 0 Å². The number of rotatable bonds is 0. The third kappa shape index (κ3) is 0.869. The molecule has 2 aromatic rings. The van der Waals surface area contributed by atoms with Gasteiger partial charge in [0.25, 0.3) is 0 Å². The smallest absolute Gasteiger partial charge is 0.203 e. The first-order valence-corrected chi connectivity index (χ1v) is 3.42. The van der Waals surface area contributed by atoms with Gasteiger partial charge in [0.15, 0.2) is 0 Å². The molecule has 0 radical (unpaired) electrons. The SMILES string of the molecule is Cc1cc2c(C)[nH]nc2nn1. The van der Waals surface area contributed by atoms with Crippen LogP contribution in [0.4, 0.5) is 0 Å². The number of nitrogens with zero attached hydrogens (tertiary/aromatic N) is 3. The van der Waals surface area contributed by atoms with Gasteiger partial charge in [-0.1, -0.05) is 0 Å². The van der Waals surface area contributed by atoms with Crippen molar-refractivity contribution < 1.29 is 0 Å². The molecule has 2 rings (SSSR count). The molecule has 0 bridgehead atoms. The van der Waals surface area contributed by atoms with Crippen molar-refractivity contribution in [3.05, 3.63) is 17.5 Å². The van der Waals surface area contributed by atoms with Crippen LogP contribution in [0.15, 0.2) is 6.07 Å². The van der Waals surface area contributed by atoms with E-state index in [1.807, 2.05) is 19.9 Å². The molecule has 11 heavy (non-hydrogen) atoms. The van der Waals surface area contributed by atoms with Crippen LogP contribution in [0.1, 0.15) is 11.4 Å². The third-order valence-corrected chi connectivity index (χ3v) is 1.63. The van der Waals surface area contributed by atoms with E-state index in [0.29, 0.717) is 5.65 Å². The minimum Gasteiger partial charge on any atom is -0.280 e. The minimum atomic E-state index is 0.688. The van der Waals surface area contributed by atoms with Crippen molar-refractivity contribution in [3.63, 3.8) is 0 Å². The van der Waals surface area contributed by atoms with Crippen molar-refractivity contribution in [2.45, 2.75) is 13.8 Å². The van der Waals surface area contributed by atoms with Crippen LogP contribution >= 0.6 is 0 Å². The topological polar surface area (TPSA) is 54.5 Å². The lowest BCUT2D eigenvalue weighted by Crippen LogP contribution is -1.85. The molecule has 0 unspecified atom stereocenters. The standard InChI is InChI=1S/C7H8N4/c1-4-3-6-5(2)9-11-7(6)10-8-4/h3H,1-2H3,(H,9,10,11). The van der Waals surface area contributed by atoms with E-state index < -0.39 is 0 Å². The first kappa shape index (κ1) is 6.27. The molecule has 4 heteroatoms. The van der Waals surface area contributed by atoms with Crippen molar-refractivity contribution in [1.29, 1.82) is 0 Å². The Kier molecular flexibility index (Phi) is 1.15. The molecule has 0 amide bonds. The summed E-state index contributed by atoms with van der Waals surface area (Å²) in [5.74, 6) is 0. The molecule has 0 aliphatic carbocycles. The summed E-state index contributed by atoms with van der Waals surface area (Å²) in [5.41, 5.74) is 2.65. The van der Waals surface area contributed by atoms with Gasteiger partial charge in [-0.3, -0.25) is 5.10 Å². The lowest BCUT2D eigenvalue weighted by molar-refractivity contribution is 0.983. The van der Waals surface area contributed by atoms with Crippen LogP contribution in [0.25, 0.3) is 11.0 Å². The fourth-order valence-corrected chi connectivity index (χ4v) is 1.04. The second kappa shape index (κ2) is 2.02. The Morgan fingerprint density at radius 1 is 1.27 bits per heavy atom. The van der Waals surface area contributed by atoms with Crippen molar-refractivity contribution in [3.8, 4) is 0 Å². The van der Waals surface area contributed by atoms with Crippen LogP contribution in [-0.2, 0) is 0 Å². The van der Waals surface area contributed by atoms with Gasteiger partial charge in [-0.25, -0.2) is 0 Å². The molecule has 0 spiro atoms. The number of H-pyrrole nitrogens is 1. The molecule has 0 aliphatic rings. The monoisotopic (exact) mass is 148 g/mol. The molecule has 0 saturated heterocycles. The maximum atomic E-state index is 3.96. The molecule has 0 saturated carbocycles. The molecule has 0 aliphatic heterocycles. The average molecular weight is 148 g/mol. The highest BCUT2D eigenvalue weighted by Gasteiger charge is 2.01. The minimum absolute atomic E-state index is 0.688. The molecular weight excluding hydrogens is 140 g/mol. The van der Waals surface area contributed by atoms with E-state index >= 15 is 0 Å². The van der Waals surface area contributed by atoms with Crippen molar-refractivity contribution in [2.24, 2.45) is 0 Å². The van der Waals surface area contributed by atoms with Gasteiger partial charge in [0.1, 0.15) is 0 Å². The molecule has 56 valence electrons. The number of hydrogen-bond donors (Lipinski definition) is 1. The van der Waals surface area contributed by atoms with Gasteiger partial charge in [0.05, 0.1) is 5.69 Å². The summed E-state index contributed by atoms with van der Waals surface area (Å²) in [5, 5.41) is 15.7. The zero-order chi connectivity index (χ0) is 7.84. The summed E-state index contributed by atoms with van der Waals surface area (Å²) >= 11 is 0. The van der Waals surface area contributed by atoms with E-state index in [2.05, 4.69) is 20.4 Å². The van der Waals surface area contributed by atoms with Gasteiger partial charge in [-0.15, -0.1) is 5.10 Å². The zero-order valence-corrected chi connectivity index (χ0v) is 6.42. The van der Waals surface area contributed by atoms with Gasteiger partial charge >= 0.3 is 0 Å². The Morgan fingerprint density at radius 3 is 2.91 bits per heavy atom. The summed E-state index contributed by atoms with van der Waals surface area (Å²) in [6.07, 6.45) is 0. The number of aromatic nitrogens is 4. The molecule has 1 N–H and O–H groups in total. The maximum Gasteiger partial charge on any atom is 0.203 e. The average Bonchev–Trinajstić information content (AvgIpc) is 2.33. The van der Waals surface area contributed by atoms with Crippen molar-refractivity contribution in [1.82, 2.24) is 20.4 Å². The van der Waals surface area contributed by atoms with Crippen LogP contribution in [0.5, 0.6) is 0 Å². The summed E-state index contributed by atoms with van der Waals surface area (Å²) in [6.45, 7) is 3.88. The zero-order valence-electron chi connectivity index (χ0n) is 6.42. The maximum absolute atomic E-state index is 3.96. The Morgan fingerprint density at radius 2 is 2.09 bits per heavy atom. The van der Waals surface area contributed by atoms with Gasteiger partial charge in [0.2, 0.25) is 5.65 Å². The van der Waals surface area contributed by atoms with Crippen molar-refractivity contribution in [2.75, 3.05) is 0 Å². The highest BCUT2D eigenvalue weighted by molar-refractivity contribution is 5.76. The predicted octanol–water partition coefficient (Wildman–Crippen LogP) is 0.970. The number of aryl methyl sites for hydroxylation is 2. The van der Waals surface area contributed by atoms with Crippen molar-refractivity contribution >= 4 is 11.0 Å². The van der Waals surface area contributed by atoms with Crippen LogP contribution in [0.3, 0.4) is 0 Å². The number of hydrogen-bond acceptors (Lipinski definition) is 3. The number of aromatic amines is 1.